The van der Waals surface area contributed by atoms with Gasteiger partial charge in [0.2, 0.25) is 0 Å². The monoisotopic (exact) mass is 158 g/mol. The summed E-state index contributed by atoms with van der Waals surface area (Å²) in [5, 5.41) is 0. The summed E-state index contributed by atoms with van der Waals surface area (Å²) in [5.41, 5.74) is 0. The zero-order valence-corrected chi connectivity index (χ0v) is 7.14. The number of hydrogen-bond acceptors (Lipinski definition) is 2. The van der Waals surface area contributed by atoms with Gasteiger partial charge in [-0.25, -0.2) is 0 Å². The minimum atomic E-state index is 0. The Labute approximate surface area is 71.2 Å². The van der Waals surface area contributed by atoms with Crippen molar-refractivity contribution in [2.45, 2.75) is 20.8 Å². The topological polar surface area (TPSA) is 6.48 Å². The molecule has 2 heteroatoms. The highest BCUT2D eigenvalue weighted by Crippen LogP contribution is 1.99. The standard InChI is InChI=1S/C8H18N2.CH4/c1-3-10-6-4-5-9(2)7-8-10;/h3-8H2,1-2H3;1H4. The van der Waals surface area contributed by atoms with E-state index in [4.69, 9.17) is 0 Å². The Balaban J connectivity index is 0.000001000. The van der Waals surface area contributed by atoms with Crippen molar-refractivity contribution >= 4 is 0 Å². The van der Waals surface area contributed by atoms with Crippen LogP contribution in [-0.2, 0) is 0 Å². The molecule has 0 aromatic heterocycles. The van der Waals surface area contributed by atoms with Crippen LogP contribution in [-0.4, -0.2) is 49.6 Å². The lowest BCUT2D eigenvalue weighted by Gasteiger charge is -2.16. The summed E-state index contributed by atoms with van der Waals surface area (Å²) in [6.07, 6.45) is 1.34. The van der Waals surface area contributed by atoms with Crippen molar-refractivity contribution in [3.63, 3.8) is 0 Å². The van der Waals surface area contributed by atoms with Gasteiger partial charge in [0.25, 0.3) is 0 Å². The van der Waals surface area contributed by atoms with E-state index < -0.39 is 0 Å². The molecule has 0 unspecified atom stereocenters. The fraction of sp³-hybridized carbons (Fsp3) is 1.00. The molecule has 1 saturated heterocycles. The molecule has 0 atom stereocenters. The van der Waals surface area contributed by atoms with Crippen LogP contribution in [0.2, 0.25) is 0 Å². The van der Waals surface area contributed by atoms with Crippen LogP contribution in [0.1, 0.15) is 20.8 Å². The molecule has 11 heavy (non-hydrogen) atoms. The SMILES string of the molecule is C.CCN1CCCN(C)CC1. The molecule has 0 spiro atoms. The van der Waals surface area contributed by atoms with E-state index >= 15 is 0 Å². The zero-order chi connectivity index (χ0) is 7.40. The van der Waals surface area contributed by atoms with Crippen LogP contribution in [0.5, 0.6) is 0 Å². The highest BCUT2D eigenvalue weighted by atomic mass is 15.2. The van der Waals surface area contributed by atoms with Crippen LogP contribution in [0.3, 0.4) is 0 Å². The fourth-order valence-electron chi connectivity index (χ4n) is 1.42. The molecule has 0 radical (unpaired) electrons. The summed E-state index contributed by atoms with van der Waals surface area (Å²) in [6.45, 7) is 8.53. The number of rotatable bonds is 1. The third-order valence-electron chi connectivity index (χ3n) is 2.26. The molecule has 1 rings (SSSR count). The van der Waals surface area contributed by atoms with E-state index in [9.17, 15) is 0 Å². The lowest BCUT2D eigenvalue weighted by atomic mass is 10.4. The second-order valence-electron chi connectivity index (χ2n) is 3.09. The minimum absolute atomic E-state index is 0. The van der Waals surface area contributed by atoms with Gasteiger partial charge in [-0.3, -0.25) is 0 Å². The first-order valence-electron chi connectivity index (χ1n) is 4.24. The maximum Gasteiger partial charge on any atom is 0.0109 e. The predicted molar refractivity (Wildman–Crippen MR) is 51.0 cm³/mol. The maximum absolute atomic E-state index is 2.52. The van der Waals surface area contributed by atoms with Crippen LogP contribution in [0.15, 0.2) is 0 Å². The molecular formula is C9H22N2. The van der Waals surface area contributed by atoms with Gasteiger partial charge in [0.15, 0.2) is 0 Å². The molecule has 0 aromatic rings. The summed E-state index contributed by atoms with van der Waals surface area (Å²) in [4.78, 5) is 4.93. The van der Waals surface area contributed by atoms with E-state index in [2.05, 4.69) is 23.8 Å². The normalized spacial score (nSPS) is 22.4. The molecule has 1 heterocycles. The van der Waals surface area contributed by atoms with Crippen molar-refractivity contribution in [1.82, 2.24) is 9.80 Å². The van der Waals surface area contributed by atoms with Crippen molar-refractivity contribution < 1.29 is 0 Å². The molecule has 0 bridgehead atoms. The molecule has 68 valence electrons. The molecule has 2 nitrogen and oxygen atoms in total. The summed E-state index contributed by atoms with van der Waals surface area (Å²) in [5.74, 6) is 0. The van der Waals surface area contributed by atoms with Gasteiger partial charge in [0.1, 0.15) is 0 Å². The molecule has 1 aliphatic rings. The number of likely N-dealkylation sites (N-methyl/N-ethyl adjacent to an activating group) is 2. The van der Waals surface area contributed by atoms with Gasteiger partial charge in [0, 0.05) is 13.1 Å². The van der Waals surface area contributed by atoms with Gasteiger partial charge in [-0.1, -0.05) is 14.4 Å². The lowest BCUT2D eigenvalue weighted by molar-refractivity contribution is 0.289. The summed E-state index contributed by atoms with van der Waals surface area (Å²) in [7, 11) is 2.21. The number of hydrogen-bond donors (Lipinski definition) is 0. The Hall–Kier alpha value is -0.0800. The van der Waals surface area contributed by atoms with Crippen molar-refractivity contribution in [3.05, 3.63) is 0 Å². The highest BCUT2D eigenvalue weighted by molar-refractivity contribution is 4.65. The largest absolute Gasteiger partial charge is 0.305 e. The maximum atomic E-state index is 2.52. The average molecular weight is 158 g/mol. The van der Waals surface area contributed by atoms with E-state index in [0.29, 0.717) is 0 Å². The summed E-state index contributed by atoms with van der Waals surface area (Å²) >= 11 is 0. The third-order valence-corrected chi connectivity index (χ3v) is 2.26. The van der Waals surface area contributed by atoms with Crippen molar-refractivity contribution in [2.75, 3.05) is 39.8 Å². The molecule has 0 saturated carbocycles. The predicted octanol–water partition coefficient (Wildman–Crippen LogP) is 1.28. The summed E-state index contributed by atoms with van der Waals surface area (Å²) < 4.78 is 0. The minimum Gasteiger partial charge on any atom is -0.305 e. The van der Waals surface area contributed by atoms with E-state index in [1.165, 1.54) is 39.1 Å². The summed E-state index contributed by atoms with van der Waals surface area (Å²) in [6, 6.07) is 0. The second-order valence-corrected chi connectivity index (χ2v) is 3.09. The van der Waals surface area contributed by atoms with Crippen LogP contribution < -0.4 is 0 Å². The Morgan fingerprint density at radius 1 is 1.09 bits per heavy atom. The van der Waals surface area contributed by atoms with Crippen LogP contribution in [0.25, 0.3) is 0 Å². The van der Waals surface area contributed by atoms with Gasteiger partial charge in [-0.05, 0) is 33.1 Å². The zero-order valence-electron chi connectivity index (χ0n) is 7.14. The van der Waals surface area contributed by atoms with Gasteiger partial charge in [0.05, 0.1) is 0 Å². The Morgan fingerprint density at radius 3 is 2.45 bits per heavy atom. The van der Waals surface area contributed by atoms with E-state index in [-0.39, 0.29) is 7.43 Å². The van der Waals surface area contributed by atoms with E-state index in [0.717, 1.165) is 0 Å². The Morgan fingerprint density at radius 2 is 1.82 bits per heavy atom. The molecule has 1 aliphatic heterocycles. The quantitative estimate of drug-likeness (QED) is 0.567. The van der Waals surface area contributed by atoms with Gasteiger partial charge in [-0.15, -0.1) is 0 Å². The van der Waals surface area contributed by atoms with E-state index in [1.54, 1.807) is 0 Å². The Bertz CT molecular complexity index is 93.6. The molecule has 1 fully saturated rings. The average Bonchev–Trinajstić information content (AvgIpc) is 2.14. The van der Waals surface area contributed by atoms with Crippen LogP contribution in [0, 0.1) is 0 Å². The lowest BCUT2D eigenvalue weighted by Crippen LogP contribution is -2.28. The van der Waals surface area contributed by atoms with E-state index in [1.807, 2.05) is 0 Å². The smallest absolute Gasteiger partial charge is 0.0109 e. The first-order valence-corrected chi connectivity index (χ1v) is 4.24. The molecule has 0 N–H and O–H groups in total. The second kappa shape index (κ2) is 5.56. The first-order chi connectivity index (χ1) is 4.83. The molecule has 0 amide bonds. The molecule has 0 aromatic carbocycles. The van der Waals surface area contributed by atoms with Crippen molar-refractivity contribution in [1.29, 1.82) is 0 Å². The number of nitrogens with zero attached hydrogens (tertiary/aromatic N) is 2. The van der Waals surface area contributed by atoms with Gasteiger partial charge < -0.3 is 9.80 Å². The van der Waals surface area contributed by atoms with Crippen molar-refractivity contribution in [2.24, 2.45) is 0 Å². The molecule has 0 aliphatic carbocycles. The van der Waals surface area contributed by atoms with Crippen LogP contribution in [0.4, 0.5) is 0 Å². The van der Waals surface area contributed by atoms with Crippen LogP contribution >= 0.6 is 0 Å². The first kappa shape index (κ1) is 10.9. The molecular weight excluding hydrogens is 136 g/mol. The fourth-order valence-corrected chi connectivity index (χ4v) is 1.42. The van der Waals surface area contributed by atoms with Gasteiger partial charge >= 0.3 is 0 Å². The highest BCUT2D eigenvalue weighted by Gasteiger charge is 2.08. The Kier molecular flexibility index (Phi) is 5.51. The van der Waals surface area contributed by atoms with Crippen molar-refractivity contribution in [3.8, 4) is 0 Å². The van der Waals surface area contributed by atoms with Gasteiger partial charge in [-0.2, -0.15) is 0 Å². The third kappa shape index (κ3) is 3.73.